The molecule has 17 heavy (non-hydrogen) atoms. The average molecular weight is 252 g/mol. The summed E-state index contributed by atoms with van der Waals surface area (Å²) in [4.78, 5) is 12.2. The third-order valence-corrected chi connectivity index (χ3v) is 2.51. The predicted molar refractivity (Wildman–Crippen MR) is 71.2 cm³/mol. The zero-order chi connectivity index (χ0) is 13.0. The Morgan fingerprint density at radius 3 is 2.76 bits per heavy atom. The summed E-state index contributed by atoms with van der Waals surface area (Å²) in [6, 6.07) is 4.61. The van der Waals surface area contributed by atoms with Gasteiger partial charge in [0.2, 0.25) is 0 Å². The van der Waals surface area contributed by atoms with Crippen molar-refractivity contribution in [2.75, 3.05) is 0 Å². The molecule has 0 spiro atoms. The molecule has 0 fully saturated rings. The molecule has 92 valence electrons. The van der Waals surface area contributed by atoms with Crippen molar-refractivity contribution in [3.63, 3.8) is 0 Å². The van der Waals surface area contributed by atoms with Crippen LogP contribution in [-0.4, -0.2) is 22.0 Å². The molecule has 0 radical (unpaired) electrons. The number of aromatic hydroxyl groups is 1. The van der Waals surface area contributed by atoms with E-state index >= 15 is 0 Å². The molecule has 0 saturated heterocycles. The van der Waals surface area contributed by atoms with Gasteiger partial charge in [0.05, 0.1) is 4.99 Å². The van der Waals surface area contributed by atoms with Crippen LogP contribution in [0.4, 0.5) is 0 Å². The van der Waals surface area contributed by atoms with Gasteiger partial charge in [-0.2, -0.15) is 0 Å². The Hall–Kier alpha value is -1.62. The maximum absolute atomic E-state index is 11.8. The van der Waals surface area contributed by atoms with Gasteiger partial charge in [-0.3, -0.25) is 4.79 Å². The molecule has 0 bridgehead atoms. The Labute approximate surface area is 106 Å². The Balaban J connectivity index is 2.70. The highest BCUT2D eigenvalue weighted by Gasteiger charge is 2.11. The summed E-state index contributed by atoms with van der Waals surface area (Å²) < 4.78 is 0. The Bertz CT molecular complexity index is 446. The highest BCUT2D eigenvalue weighted by atomic mass is 32.1. The van der Waals surface area contributed by atoms with Gasteiger partial charge in [0.15, 0.2) is 0 Å². The molecule has 0 aliphatic rings. The fourth-order valence-electron chi connectivity index (χ4n) is 1.46. The topological polar surface area (TPSA) is 75.4 Å². The van der Waals surface area contributed by atoms with Gasteiger partial charge in [0.25, 0.3) is 5.91 Å². The van der Waals surface area contributed by atoms with E-state index in [0.29, 0.717) is 22.5 Å². The van der Waals surface area contributed by atoms with Crippen LogP contribution < -0.4 is 11.1 Å². The molecule has 1 rings (SSSR count). The number of aryl methyl sites for hydroxylation is 1. The lowest BCUT2D eigenvalue weighted by Crippen LogP contribution is -2.35. The van der Waals surface area contributed by atoms with E-state index in [1.54, 1.807) is 19.1 Å². The lowest BCUT2D eigenvalue weighted by molar-refractivity contribution is 0.0941. The van der Waals surface area contributed by atoms with Gasteiger partial charge >= 0.3 is 0 Å². The van der Waals surface area contributed by atoms with Gasteiger partial charge in [-0.1, -0.05) is 12.2 Å². The number of hydrogen-bond acceptors (Lipinski definition) is 3. The third kappa shape index (κ3) is 4.03. The molecule has 1 amide bonds. The number of benzene rings is 1. The molecule has 0 heterocycles. The molecule has 0 aromatic heterocycles. The van der Waals surface area contributed by atoms with Crippen LogP contribution in [0.1, 0.15) is 29.3 Å². The lowest BCUT2D eigenvalue weighted by Gasteiger charge is -2.13. The second-order valence-corrected chi connectivity index (χ2v) is 4.57. The summed E-state index contributed by atoms with van der Waals surface area (Å²) in [6.07, 6.45) is 0.470. The van der Waals surface area contributed by atoms with Gasteiger partial charge in [-0.15, -0.1) is 0 Å². The first-order valence-corrected chi connectivity index (χ1v) is 5.69. The summed E-state index contributed by atoms with van der Waals surface area (Å²) in [6.45, 7) is 3.58. The third-order valence-electron chi connectivity index (χ3n) is 2.34. The van der Waals surface area contributed by atoms with Gasteiger partial charge in [-0.25, -0.2) is 0 Å². The summed E-state index contributed by atoms with van der Waals surface area (Å²) in [5.74, 6) is -0.0189. The number of rotatable bonds is 4. The van der Waals surface area contributed by atoms with Crippen LogP contribution in [0.2, 0.25) is 0 Å². The van der Waals surface area contributed by atoms with Gasteiger partial charge in [-0.05, 0) is 37.6 Å². The minimum absolute atomic E-state index is 0.103. The van der Waals surface area contributed by atoms with Crippen molar-refractivity contribution in [3.8, 4) is 5.75 Å². The van der Waals surface area contributed by atoms with Gasteiger partial charge in [0, 0.05) is 18.0 Å². The van der Waals surface area contributed by atoms with E-state index < -0.39 is 0 Å². The quantitative estimate of drug-likeness (QED) is 0.710. The molecule has 1 atom stereocenters. The van der Waals surface area contributed by atoms with Crippen LogP contribution in [-0.2, 0) is 0 Å². The fraction of sp³-hybridized carbons (Fsp3) is 0.333. The molecular formula is C12H16N2O2S. The number of carbonyl (C=O) groups excluding carboxylic acids is 1. The number of phenols is 1. The molecule has 1 aromatic carbocycles. The summed E-state index contributed by atoms with van der Waals surface area (Å²) in [5, 5.41) is 12.1. The van der Waals surface area contributed by atoms with E-state index in [1.807, 2.05) is 6.92 Å². The van der Waals surface area contributed by atoms with Crippen molar-refractivity contribution in [1.82, 2.24) is 5.32 Å². The van der Waals surface area contributed by atoms with E-state index in [9.17, 15) is 9.90 Å². The van der Waals surface area contributed by atoms with Crippen LogP contribution in [0, 0.1) is 6.92 Å². The molecule has 4 N–H and O–H groups in total. The molecular weight excluding hydrogens is 236 g/mol. The second kappa shape index (κ2) is 5.63. The van der Waals surface area contributed by atoms with Crippen molar-refractivity contribution >= 4 is 23.1 Å². The van der Waals surface area contributed by atoms with Gasteiger partial charge in [0.1, 0.15) is 5.75 Å². The number of thiocarbonyl (C=S) groups is 1. The SMILES string of the molecule is Cc1cc(C(=O)NC(C)CC(N)=S)ccc1O. The highest BCUT2D eigenvalue weighted by molar-refractivity contribution is 7.80. The lowest BCUT2D eigenvalue weighted by atomic mass is 10.1. The molecule has 4 nitrogen and oxygen atoms in total. The Morgan fingerprint density at radius 1 is 1.59 bits per heavy atom. The van der Waals surface area contributed by atoms with Crippen molar-refractivity contribution < 1.29 is 9.90 Å². The summed E-state index contributed by atoms with van der Waals surface area (Å²) in [7, 11) is 0. The smallest absolute Gasteiger partial charge is 0.251 e. The second-order valence-electron chi connectivity index (χ2n) is 4.05. The molecule has 0 saturated carbocycles. The number of nitrogens with two attached hydrogens (primary N) is 1. The maximum atomic E-state index is 11.8. The molecule has 0 aliphatic carbocycles. The van der Waals surface area contributed by atoms with Crippen molar-refractivity contribution in [1.29, 1.82) is 0 Å². The normalized spacial score (nSPS) is 11.9. The first-order valence-electron chi connectivity index (χ1n) is 5.29. The van der Waals surface area contributed by atoms with E-state index in [0.717, 1.165) is 0 Å². The zero-order valence-electron chi connectivity index (χ0n) is 9.86. The number of carbonyl (C=O) groups is 1. The number of hydrogen-bond donors (Lipinski definition) is 3. The standard InChI is InChI=1S/C12H16N2O2S/c1-7-5-9(3-4-10(7)15)12(16)14-8(2)6-11(13)17/h3-5,8,15H,6H2,1-2H3,(H2,13,17)(H,14,16). The first-order chi connectivity index (χ1) is 7.90. The number of nitrogens with one attached hydrogen (secondary N) is 1. The number of amides is 1. The van der Waals surface area contributed by atoms with Crippen LogP contribution in [0.3, 0.4) is 0 Å². The molecule has 5 heteroatoms. The van der Waals surface area contributed by atoms with E-state index in [2.05, 4.69) is 5.32 Å². The monoisotopic (exact) mass is 252 g/mol. The molecule has 1 unspecified atom stereocenters. The number of phenolic OH excluding ortho intramolecular Hbond substituents is 1. The predicted octanol–water partition coefficient (Wildman–Crippen LogP) is 1.50. The van der Waals surface area contributed by atoms with E-state index in [1.165, 1.54) is 6.07 Å². The first kappa shape index (κ1) is 13.4. The summed E-state index contributed by atoms with van der Waals surface area (Å²) >= 11 is 4.77. The van der Waals surface area contributed by atoms with Crippen LogP contribution >= 0.6 is 12.2 Å². The van der Waals surface area contributed by atoms with Crippen LogP contribution in [0.25, 0.3) is 0 Å². The highest BCUT2D eigenvalue weighted by Crippen LogP contribution is 2.16. The van der Waals surface area contributed by atoms with Crippen molar-refractivity contribution in [3.05, 3.63) is 29.3 Å². The van der Waals surface area contributed by atoms with Crippen LogP contribution in [0.15, 0.2) is 18.2 Å². The minimum atomic E-state index is -0.197. The maximum Gasteiger partial charge on any atom is 0.251 e. The van der Waals surface area contributed by atoms with Crippen molar-refractivity contribution in [2.24, 2.45) is 5.73 Å². The van der Waals surface area contributed by atoms with Crippen molar-refractivity contribution in [2.45, 2.75) is 26.3 Å². The zero-order valence-corrected chi connectivity index (χ0v) is 10.7. The molecule has 1 aromatic rings. The average Bonchev–Trinajstić information content (AvgIpc) is 2.20. The van der Waals surface area contributed by atoms with E-state index in [4.69, 9.17) is 18.0 Å². The Kier molecular flexibility index (Phi) is 4.45. The molecule has 0 aliphatic heterocycles. The van der Waals surface area contributed by atoms with Crippen LogP contribution in [0.5, 0.6) is 5.75 Å². The Morgan fingerprint density at radius 2 is 2.24 bits per heavy atom. The van der Waals surface area contributed by atoms with Gasteiger partial charge < -0.3 is 16.2 Å². The summed E-state index contributed by atoms with van der Waals surface area (Å²) in [5.41, 5.74) is 6.57. The largest absolute Gasteiger partial charge is 0.508 e. The fourth-order valence-corrected chi connectivity index (χ4v) is 1.71. The van der Waals surface area contributed by atoms with E-state index in [-0.39, 0.29) is 17.7 Å². The minimum Gasteiger partial charge on any atom is -0.508 e.